The van der Waals surface area contributed by atoms with E-state index >= 15 is 0 Å². The lowest BCUT2D eigenvalue weighted by Crippen LogP contribution is -2.43. The van der Waals surface area contributed by atoms with Crippen LogP contribution in [-0.2, 0) is 4.79 Å². The number of nitrogens with one attached hydrogen (secondary N) is 1. The van der Waals surface area contributed by atoms with Gasteiger partial charge in [-0.1, -0.05) is 17.7 Å². The van der Waals surface area contributed by atoms with Gasteiger partial charge in [0, 0.05) is 29.1 Å². The van der Waals surface area contributed by atoms with Crippen LogP contribution in [0, 0.1) is 5.92 Å². The molecular formula is C20H18ClN3O2S2. The van der Waals surface area contributed by atoms with Crippen molar-refractivity contribution in [2.24, 2.45) is 5.92 Å². The first-order valence-corrected chi connectivity index (χ1v) is 11.1. The maximum Gasteiger partial charge on any atom is 0.253 e. The zero-order valence-electron chi connectivity index (χ0n) is 14.9. The minimum absolute atomic E-state index is 0.0663. The molecule has 1 saturated heterocycles. The van der Waals surface area contributed by atoms with Crippen molar-refractivity contribution in [1.82, 2.24) is 9.88 Å². The van der Waals surface area contributed by atoms with Gasteiger partial charge in [-0.05, 0) is 48.6 Å². The molecule has 1 aliphatic rings. The minimum Gasteiger partial charge on any atom is -0.338 e. The Morgan fingerprint density at radius 3 is 2.75 bits per heavy atom. The van der Waals surface area contributed by atoms with E-state index in [1.807, 2.05) is 22.9 Å². The Bertz CT molecular complexity index is 970. The average molecular weight is 432 g/mol. The number of nitrogens with zero attached hydrogens (tertiary/aromatic N) is 2. The first-order chi connectivity index (χ1) is 13.6. The molecule has 28 heavy (non-hydrogen) atoms. The van der Waals surface area contributed by atoms with Gasteiger partial charge in [0.25, 0.3) is 5.91 Å². The lowest BCUT2D eigenvalue weighted by Gasteiger charge is -2.32. The smallest absolute Gasteiger partial charge is 0.253 e. The van der Waals surface area contributed by atoms with E-state index in [1.54, 1.807) is 40.5 Å². The monoisotopic (exact) mass is 431 g/mol. The standard InChI is InChI=1S/C20H18ClN3O2S2/c21-15-7-5-13(6-8-15)19(26)24-9-1-3-14(11-24)18(25)23-20-22-16(12-28-20)17-4-2-10-27-17/h2,4-8,10,12,14H,1,3,9,11H2,(H,22,23,25)/t14-/m1/s1. The van der Waals surface area contributed by atoms with E-state index in [0.717, 1.165) is 23.4 Å². The maximum atomic E-state index is 12.7. The average Bonchev–Trinajstić information content (AvgIpc) is 3.40. The van der Waals surface area contributed by atoms with Crippen molar-refractivity contribution in [3.63, 3.8) is 0 Å². The van der Waals surface area contributed by atoms with E-state index < -0.39 is 0 Å². The van der Waals surface area contributed by atoms with Crippen LogP contribution in [-0.4, -0.2) is 34.8 Å². The van der Waals surface area contributed by atoms with Gasteiger partial charge >= 0.3 is 0 Å². The molecule has 0 radical (unpaired) electrons. The number of hydrogen-bond donors (Lipinski definition) is 1. The van der Waals surface area contributed by atoms with Crippen LogP contribution >= 0.6 is 34.3 Å². The summed E-state index contributed by atoms with van der Waals surface area (Å²) in [5.41, 5.74) is 1.46. The molecule has 1 atom stereocenters. The van der Waals surface area contributed by atoms with Gasteiger partial charge in [-0.3, -0.25) is 9.59 Å². The predicted molar refractivity (Wildman–Crippen MR) is 114 cm³/mol. The van der Waals surface area contributed by atoms with Crippen LogP contribution in [0.4, 0.5) is 5.13 Å². The number of anilines is 1. The number of likely N-dealkylation sites (tertiary alicyclic amines) is 1. The molecule has 3 aromatic rings. The molecule has 1 fully saturated rings. The van der Waals surface area contributed by atoms with Crippen LogP contribution < -0.4 is 5.32 Å². The number of carbonyl (C=O) groups excluding carboxylic acids is 2. The third-order valence-corrected chi connectivity index (χ3v) is 6.58. The molecule has 1 aromatic carbocycles. The second kappa shape index (κ2) is 8.43. The number of amides is 2. The molecule has 3 heterocycles. The normalized spacial score (nSPS) is 16.8. The highest BCUT2D eigenvalue weighted by Crippen LogP contribution is 2.29. The van der Waals surface area contributed by atoms with Crippen molar-refractivity contribution in [3.8, 4) is 10.6 Å². The number of rotatable bonds is 4. The Morgan fingerprint density at radius 2 is 2.00 bits per heavy atom. The molecule has 144 valence electrons. The molecule has 0 aliphatic carbocycles. The van der Waals surface area contributed by atoms with Crippen LogP contribution in [0.3, 0.4) is 0 Å². The van der Waals surface area contributed by atoms with Gasteiger partial charge in [-0.2, -0.15) is 0 Å². The van der Waals surface area contributed by atoms with Crippen molar-refractivity contribution in [3.05, 3.63) is 57.7 Å². The van der Waals surface area contributed by atoms with Crippen molar-refractivity contribution in [2.45, 2.75) is 12.8 Å². The number of thiophene rings is 1. The van der Waals surface area contributed by atoms with Gasteiger partial charge in [0.15, 0.2) is 5.13 Å². The highest BCUT2D eigenvalue weighted by atomic mass is 35.5. The van der Waals surface area contributed by atoms with Crippen LogP contribution in [0.5, 0.6) is 0 Å². The number of carbonyl (C=O) groups is 2. The van der Waals surface area contributed by atoms with Crippen molar-refractivity contribution in [1.29, 1.82) is 0 Å². The highest BCUT2D eigenvalue weighted by molar-refractivity contribution is 7.16. The third kappa shape index (κ3) is 4.27. The Balaban J connectivity index is 1.39. The van der Waals surface area contributed by atoms with E-state index in [9.17, 15) is 9.59 Å². The van der Waals surface area contributed by atoms with E-state index in [-0.39, 0.29) is 17.7 Å². The molecular weight excluding hydrogens is 414 g/mol. The van der Waals surface area contributed by atoms with E-state index in [4.69, 9.17) is 11.6 Å². The largest absolute Gasteiger partial charge is 0.338 e. The highest BCUT2D eigenvalue weighted by Gasteiger charge is 2.29. The summed E-state index contributed by atoms with van der Waals surface area (Å²) in [6.07, 6.45) is 1.56. The Hall–Kier alpha value is -2.22. The van der Waals surface area contributed by atoms with Crippen molar-refractivity contribution < 1.29 is 9.59 Å². The van der Waals surface area contributed by atoms with Crippen LogP contribution in [0.25, 0.3) is 10.6 Å². The van der Waals surface area contributed by atoms with Crippen LogP contribution in [0.15, 0.2) is 47.2 Å². The zero-order chi connectivity index (χ0) is 19.5. The fourth-order valence-electron chi connectivity index (χ4n) is 3.23. The molecule has 2 aromatic heterocycles. The second-order valence-electron chi connectivity index (χ2n) is 6.60. The number of aromatic nitrogens is 1. The second-order valence-corrected chi connectivity index (χ2v) is 8.84. The molecule has 0 bridgehead atoms. The quantitative estimate of drug-likeness (QED) is 0.631. The molecule has 8 heteroatoms. The maximum absolute atomic E-state index is 12.7. The SMILES string of the molecule is O=C(Nc1nc(-c2cccs2)cs1)[C@@H]1CCCN(C(=O)c2ccc(Cl)cc2)C1. The van der Waals surface area contributed by atoms with Gasteiger partial charge in [-0.25, -0.2) is 4.98 Å². The molecule has 0 saturated carbocycles. The molecule has 1 N–H and O–H groups in total. The van der Waals surface area contributed by atoms with Crippen LogP contribution in [0.1, 0.15) is 23.2 Å². The summed E-state index contributed by atoms with van der Waals surface area (Å²) in [4.78, 5) is 32.8. The summed E-state index contributed by atoms with van der Waals surface area (Å²) >= 11 is 8.93. The Kier molecular flexibility index (Phi) is 5.75. The fraction of sp³-hybridized carbons (Fsp3) is 0.250. The van der Waals surface area contributed by atoms with Gasteiger partial charge in [0.2, 0.25) is 5.91 Å². The summed E-state index contributed by atoms with van der Waals surface area (Å²) in [7, 11) is 0. The summed E-state index contributed by atoms with van der Waals surface area (Å²) in [5, 5.41) is 8.05. The minimum atomic E-state index is -0.237. The van der Waals surface area contributed by atoms with Gasteiger partial charge < -0.3 is 10.2 Å². The summed E-state index contributed by atoms with van der Waals surface area (Å²) in [6.45, 7) is 1.07. The van der Waals surface area contributed by atoms with E-state index in [1.165, 1.54) is 11.3 Å². The molecule has 2 amide bonds. The summed E-state index contributed by atoms with van der Waals surface area (Å²) < 4.78 is 0. The summed E-state index contributed by atoms with van der Waals surface area (Å²) in [5.74, 6) is -0.386. The molecule has 0 spiro atoms. The third-order valence-electron chi connectivity index (χ3n) is 4.68. The zero-order valence-corrected chi connectivity index (χ0v) is 17.3. The van der Waals surface area contributed by atoms with E-state index in [2.05, 4.69) is 10.3 Å². The molecule has 1 aliphatic heterocycles. The fourth-order valence-corrected chi connectivity index (χ4v) is 4.83. The number of hydrogen-bond acceptors (Lipinski definition) is 5. The van der Waals surface area contributed by atoms with Crippen LogP contribution in [0.2, 0.25) is 5.02 Å². The topological polar surface area (TPSA) is 62.3 Å². The van der Waals surface area contributed by atoms with Gasteiger partial charge in [0.1, 0.15) is 0 Å². The number of halogens is 1. The van der Waals surface area contributed by atoms with Gasteiger partial charge in [0.05, 0.1) is 16.5 Å². The lowest BCUT2D eigenvalue weighted by atomic mass is 9.96. The summed E-state index contributed by atoms with van der Waals surface area (Å²) in [6, 6.07) is 10.8. The number of thiazole rings is 1. The van der Waals surface area contributed by atoms with Crippen molar-refractivity contribution in [2.75, 3.05) is 18.4 Å². The van der Waals surface area contributed by atoms with Gasteiger partial charge in [-0.15, -0.1) is 22.7 Å². The Morgan fingerprint density at radius 1 is 1.18 bits per heavy atom. The first kappa shape index (κ1) is 19.1. The molecule has 0 unspecified atom stereocenters. The number of benzene rings is 1. The van der Waals surface area contributed by atoms with E-state index in [0.29, 0.717) is 28.8 Å². The predicted octanol–water partition coefficient (Wildman–Crippen LogP) is 5.02. The lowest BCUT2D eigenvalue weighted by molar-refractivity contribution is -0.121. The van der Waals surface area contributed by atoms with Crippen molar-refractivity contribution >= 4 is 51.2 Å². The number of piperidine rings is 1. The Labute approximate surface area is 176 Å². The molecule has 4 rings (SSSR count). The molecule has 5 nitrogen and oxygen atoms in total. The first-order valence-electron chi connectivity index (χ1n) is 8.95.